The first-order valence-electron chi connectivity index (χ1n) is 6.24. The Hall–Kier alpha value is -2.14. The molecule has 0 bridgehead atoms. The topological polar surface area (TPSA) is 54.5 Å². The van der Waals surface area contributed by atoms with Gasteiger partial charge in [-0.25, -0.2) is 8.42 Å². The molecule has 0 fully saturated rings. The summed E-state index contributed by atoms with van der Waals surface area (Å²) in [5.41, 5.74) is 1.83. The van der Waals surface area contributed by atoms with Gasteiger partial charge in [-0.2, -0.15) is 0 Å². The zero-order valence-electron chi connectivity index (χ0n) is 10.7. The number of nitrogens with zero attached hydrogens (tertiary/aromatic N) is 1. The van der Waals surface area contributed by atoms with Crippen LogP contribution >= 0.6 is 0 Å². The van der Waals surface area contributed by atoms with Gasteiger partial charge >= 0.3 is 0 Å². The van der Waals surface area contributed by atoms with E-state index in [2.05, 4.69) is 0 Å². The monoisotopic (exact) mass is 287 g/mol. The van der Waals surface area contributed by atoms with Crippen LogP contribution in [0.15, 0.2) is 54.6 Å². The van der Waals surface area contributed by atoms with E-state index in [9.17, 15) is 13.2 Å². The summed E-state index contributed by atoms with van der Waals surface area (Å²) in [5, 5.41) is 0. The number of carbonyl (C=O) groups is 1. The van der Waals surface area contributed by atoms with Crippen LogP contribution in [0.4, 0.5) is 5.69 Å². The number of anilines is 1. The number of fused-ring (bicyclic) bond motifs is 1. The molecule has 0 unspecified atom stereocenters. The summed E-state index contributed by atoms with van der Waals surface area (Å²) in [5.74, 6) is -0.804. The van der Waals surface area contributed by atoms with Crippen LogP contribution < -0.4 is 4.31 Å². The molecule has 1 heterocycles. The summed E-state index contributed by atoms with van der Waals surface area (Å²) < 4.78 is 25.8. The lowest BCUT2D eigenvalue weighted by Gasteiger charge is -2.29. The van der Waals surface area contributed by atoms with Gasteiger partial charge in [0.05, 0.1) is 12.2 Å². The van der Waals surface area contributed by atoms with Crippen LogP contribution in [0, 0.1) is 0 Å². The first-order valence-corrected chi connectivity index (χ1v) is 7.85. The van der Waals surface area contributed by atoms with E-state index in [0.717, 1.165) is 5.56 Å². The van der Waals surface area contributed by atoms with E-state index >= 15 is 0 Å². The third-order valence-corrected chi connectivity index (χ3v) is 4.92. The second-order valence-electron chi connectivity index (χ2n) is 4.69. The van der Waals surface area contributed by atoms with Gasteiger partial charge in [0, 0.05) is 5.56 Å². The molecule has 0 spiro atoms. The summed E-state index contributed by atoms with van der Waals surface area (Å²) in [6, 6.07) is 16.2. The fourth-order valence-corrected chi connectivity index (χ4v) is 3.78. The Balaban J connectivity index is 2.08. The number of para-hydroxylation sites is 1. The van der Waals surface area contributed by atoms with Crippen LogP contribution in [0.2, 0.25) is 0 Å². The Morgan fingerprint density at radius 1 is 0.950 bits per heavy atom. The maximum absolute atomic E-state index is 12.3. The Morgan fingerprint density at radius 2 is 1.60 bits per heavy atom. The Labute approximate surface area is 117 Å². The molecular weight excluding hydrogens is 274 g/mol. The van der Waals surface area contributed by atoms with Gasteiger partial charge in [-0.3, -0.25) is 9.10 Å². The zero-order valence-corrected chi connectivity index (χ0v) is 11.5. The second kappa shape index (κ2) is 4.76. The van der Waals surface area contributed by atoms with Gasteiger partial charge in [-0.05, 0) is 17.7 Å². The summed E-state index contributed by atoms with van der Waals surface area (Å²) in [6.07, 6.45) is 0. The molecule has 4 nitrogen and oxygen atoms in total. The summed E-state index contributed by atoms with van der Waals surface area (Å²) in [7, 11) is -3.60. The molecule has 0 aliphatic carbocycles. The quantitative estimate of drug-likeness (QED) is 0.851. The molecule has 5 heteroatoms. The minimum Gasteiger partial charge on any atom is -0.293 e. The molecule has 2 aromatic rings. The van der Waals surface area contributed by atoms with Crippen molar-refractivity contribution in [2.75, 3.05) is 10.1 Å². The highest BCUT2D eigenvalue weighted by Gasteiger charge is 2.34. The van der Waals surface area contributed by atoms with E-state index in [0.29, 0.717) is 11.3 Å². The molecule has 3 rings (SSSR count). The lowest BCUT2D eigenvalue weighted by atomic mass is 10.1. The first-order chi connectivity index (χ1) is 9.58. The molecule has 2 aromatic carbocycles. The molecule has 102 valence electrons. The summed E-state index contributed by atoms with van der Waals surface area (Å²) >= 11 is 0. The van der Waals surface area contributed by atoms with Crippen LogP contribution in [0.25, 0.3) is 0 Å². The van der Waals surface area contributed by atoms with Crippen molar-refractivity contribution >= 4 is 21.5 Å². The van der Waals surface area contributed by atoms with Crippen molar-refractivity contribution in [2.24, 2.45) is 0 Å². The van der Waals surface area contributed by atoms with E-state index in [1.54, 1.807) is 24.3 Å². The minimum atomic E-state index is -3.60. The summed E-state index contributed by atoms with van der Waals surface area (Å²) in [6.45, 7) is 0.244. The fraction of sp³-hybridized carbons (Fsp3) is 0.133. The number of ketones is 1. The van der Waals surface area contributed by atoms with Crippen molar-refractivity contribution in [2.45, 2.75) is 6.54 Å². The lowest BCUT2D eigenvalue weighted by molar-refractivity contribution is 0.102. The molecule has 0 aromatic heterocycles. The fourth-order valence-electron chi connectivity index (χ4n) is 2.33. The number of sulfonamides is 1. The van der Waals surface area contributed by atoms with Crippen molar-refractivity contribution in [1.29, 1.82) is 0 Å². The maximum atomic E-state index is 12.3. The van der Waals surface area contributed by atoms with Crippen molar-refractivity contribution in [3.63, 3.8) is 0 Å². The van der Waals surface area contributed by atoms with Crippen LogP contribution in [-0.2, 0) is 16.6 Å². The second-order valence-corrected chi connectivity index (χ2v) is 6.58. The largest absolute Gasteiger partial charge is 0.293 e. The highest BCUT2D eigenvalue weighted by molar-refractivity contribution is 7.93. The normalized spacial score (nSPS) is 16.8. The molecule has 0 saturated carbocycles. The highest BCUT2D eigenvalue weighted by atomic mass is 32.2. The van der Waals surface area contributed by atoms with E-state index in [4.69, 9.17) is 0 Å². The number of hydrogen-bond donors (Lipinski definition) is 0. The molecule has 1 aliphatic rings. The highest BCUT2D eigenvalue weighted by Crippen LogP contribution is 2.30. The maximum Gasteiger partial charge on any atom is 0.243 e. The molecule has 0 saturated heterocycles. The van der Waals surface area contributed by atoms with E-state index in [1.165, 1.54) is 4.31 Å². The van der Waals surface area contributed by atoms with E-state index < -0.39 is 15.8 Å². The van der Waals surface area contributed by atoms with Crippen LogP contribution in [0.5, 0.6) is 0 Å². The van der Waals surface area contributed by atoms with Gasteiger partial charge in [-0.15, -0.1) is 0 Å². The molecular formula is C15H13NO3S. The Bertz CT molecular complexity index is 754. The van der Waals surface area contributed by atoms with Crippen LogP contribution in [0.1, 0.15) is 15.9 Å². The average Bonchev–Trinajstić information content (AvgIpc) is 2.44. The molecule has 20 heavy (non-hydrogen) atoms. The third-order valence-electron chi connectivity index (χ3n) is 3.29. The van der Waals surface area contributed by atoms with Gasteiger partial charge in [0.25, 0.3) is 0 Å². The van der Waals surface area contributed by atoms with Gasteiger partial charge in [-0.1, -0.05) is 42.5 Å². The lowest BCUT2D eigenvalue weighted by Crippen LogP contribution is -2.40. The standard InChI is InChI=1S/C15H13NO3S/c17-15-11-20(18,19)16(10-12-6-2-1-3-7-12)14-9-5-4-8-13(14)15/h1-9H,10-11H2. The molecule has 0 N–H and O–H groups in total. The molecule has 0 amide bonds. The van der Waals surface area contributed by atoms with Gasteiger partial charge in [0.1, 0.15) is 5.75 Å². The predicted octanol–water partition coefficient (Wildman–Crippen LogP) is 2.22. The van der Waals surface area contributed by atoms with Crippen molar-refractivity contribution in [1.82, 2.24) is 0 Å². The predicted molar refractivity (Wildman–Crippen MR) is 77.2 cm³/mol. The number of carbonyl (C=O) groups excluding carboxylic acids is 1. The number of hydrogen-bond acceptors (Lipinski definition) is 3. The third kappa shape index (κ3) is 2.20. The zero-order chi connectivity index (χ0) is 14.2. The van der Waals surface area contributed by atoms with Crippen molar-refractivity contribution < 1.29 is 13.2 Å². The number of benzene rings is 2. The molecule has 0 atom stereocenters. The Kier molecular flexibility index (Phi) is 3.06. The number of Topliss-reactive ketones (excluding diaryl/α,β-unsaturated/α-hetero) is 1. The first kappa shape index (κ1) is 12.9. The SMILES string of the molecule is O=C1CS(=O)(=O)N(Cc2ccccc2)c2ccccc21. The molecule has 1 aliphatic heterocycles. The van der Waals surface area contributed by atoms with Crippen molar-refractivity contribution in [3.8, 4) is 0 Å². The average molecular weight is 287 g/mol. The smallest absolute Gasteiger partial charge is 0.243 e. The molecule has 0 radical (unpaired) electrons. The van der Waals surface area contributed by atoms with E-state index in [1.807, 2.05) is 30.3 Å². The van der Waals surface area contributed by atoms with Gasteiger partial charge in [0.15, 0.2) is 5.78 Å². The minimum absolute atomic E-state index is 0.244. The Morgan fingerprint density at radius 3 is 2.35 bits per heavy atom. The number of rotatable bonds is 2. The van der Waals surface area contributed by atoms with Gasteiger partial charge in [0.2, 0.25) is 10.0 Å². The van der Waals surface area contributed by atoms with Crippen molar-refractivity contribution in [3.05, 3.63) is 65.7 Å². The van der Waals surface area contributed by atoms with E-state index in [-0.39, 0.29) is 12.3 Å². The summed E-state index contributed by atoms with van der Waals surface area (Å²) in [4.78, 5) is 11.9. The van der Waals surface area contributed by atoms with Crippen LogP contribution in [0.3, 0.4) is 0 Å². The van der Waals surface area contributed by atoms with Gasteiger partial charge < -0.3 is 0 Å². The van der Waals surface area contributed by atoms with Crippen LogP contribution in [-0.4, -0.2) is 20.0 Å².